The minimum atomic E-state index is -5.79. The Balaban J connectivity index is 1.86. The van der Waals surface area contributed by atoms with E-state index in [1.165, 1.54) is 0 Å². The fraction of sp³-hybridized carbons (Fsp3) is 0.500. The van der Waals surface area contributed by atoms with E-state index in [4.69, 9.17) is 26.7 Å². The maximum Gasteiger partial charge on any atom is 0.490 e. The zero-order valence-electron chi connectivity index (χ0n) is 18.2. The van der Waals surface area contributed by atoms with E-state index in [-0.39, 0.29) is 22.9 Å². The second-order valence-corrected chi connectivity index (χ2v) is 11.8. The van der Waals surface area contributed by atoms with Crippen molar-refractivity contribution in [2.75, 3.05) is 31.3 Å². The molecule has 0 radical (unpaired) electrons. The molecular formula is C14H20FN6O12P3. The predicted octanol–water partition coefficient (Wildman–Crippen LogP) is -0.582. The Morgan fingerprint density at radius 1 is 1.25 bits per heavy atom. The van der Waals surface area contributed by atoms with Crippen LogP contribution in [0.25, 0.3) is 11.2 Å². The highest BCUT2D eigenvalue weighted by Gasteiger charge is 2.58. The molecule has 1 aliphatic rings. The monoisotopic (exact) mass is 576 g/mol. The van der Waals surface area contributed by atoms with Crippen LogP contribution >= 0.6 is 23.5 Å². The molecule has 18 nitrogen and oxygen atoms in total. The number of hydrogen-bond acceptors (Lipinski definition) is 13. The Hall–Kier alpha value is -2.03. The number of phosphoric acid groups is 3. The van der Waals surface area contributed by atoms with Gasteiger partial charge in [-0.25, -0.2) is 23.1 Å². The van der Waals surface area contributed by atoms with Crippen molar-refractivity contribution in [2.45, 2.75) is 24.1 Å². The fourth-order valence-corrected chi connectivity index (χ4v) is 6.21. The van der Waals surface area contributed by atoms with Gasteiger partial charge in [0, 0.05) is 14.1 Å². The lowest BCUT2D eigenvalue weighted by molar-refractivity contribution is -0.0495. The van der Waals surface area contributed by atoms with Crippen molar-refractivity contribution in [1.29, 1.82) is 0 Å². The van der Waals surface area contributed by atoms with Crippen molar-refractivity contribution < 1.29 is 60.6 Å². The first-order chi connectivity index (χ1) is 16.4. The Bertz CT molecular complexity index is 1340. The molecule has 0 amide bonds. The molecule has 2 unspecified atom stereocenters. The van der Waals surface area contributed by atoms with Crippen LogP contribution in [0.4, 0.5) is 16.2 Å². The van der Waals surface area contributed by atoms with Gasteiger partial charge in [-0.2, -0.15) is 18.6 Å². The number of aromatic nitrogens is 4. The largest absolute Gasteiger partial charge is 0.490 e. The number of aliphatic hydroxyl groups is 1. The first-order valence-electron chi connectivity index (χ1n) is 9.35. The molecular weight excluding hydrogens is 556 g/mol. The molecule has 36 heavy (non-hydrogen) atoms. The lowest BCUT2D eigenvalue weighted by Gasteiger charge is -2.23. The standard InChI is InChI=1S/C14H20FN6O12P3/c1-4-14(15)9(22)7(5-30-35(26,27)33-36(28,29)32-34(23,24)25)31-12(14)21-6-17-8-10(20(2)3)18-13(16)19-11(8)21/h1,6-7,9,12,22H,5H2,2-3H3,(H,26,27)(H,28,29)(H2,16,18,19)(H2,23,24,25)/t7-,9-,12-,14-/m1/s1. The Morgan fingerprint density at radius 2 is 1.89 bits per heavy atom. The van der Waals surface area contributed by atoms with Gasteiger partial charge in [0.25, 0.3) is 0 Å². The minimum absolute atomic E-state index is 0.0331. The van der Waals surface area contributed by atoms with Gasteiger partial charge in [-0.05, 0) is 0 Å². The van der Waals surface area contributed by atoms with Crippen molar-refractivity contribution in [3.05, 3.63) is 6.33 Å². The van der Waals surface area contributed by atoms with Crippen LogP contribution in [0.2, 0.25) is 0 Å². The number of fused-ring (bicyclic) bond motifs is 1. The number of imidazole rings is 1. The quantitative estimate of drug-likeness (QED) is 0.161. The van der Waals surface area contributed by atoms with Crippen LogP contribution < -0.4 is 10.6 Å². The van der Waals surface area contributed by atoms with Crippen molar-refractivity contribution >= 4 is 46.4 Å². The molecule has 0 aliphatic carbocycles. The summed E-state index contributed by atoms with van der Waals surface area (Å²) < 4.78 is 67.8. The third-order valence-electron chi connectivity index (χ3n) is 4.58. The SMILES string of the molecule is C#C[C@@]1(F)[C@H](O)[C@@H](COP(=O)(O)OP(=O)(O)OP(=O)(O)O)O[C@H]1n1cnc2c(N(C)C)nc(N)nc21. The summed E-state index contributed by atoms with van der Waals surface area (Å²) in [6, 6.07) is 0. The normalized spacial score (nSPS) is 27.9. The van der Waals surface area contributed by atoms with Gasteiger partial charge in [-0.15, -0.1) is 6.42 Å². The third kappa shape index (κ3) is 5.92. The van der Waals surface area contributed by atoms with Crippen LogP contribution in [0.5, 0.6) is 0 Å². The van der Waals surface area contributed by atoms with E-state index in [2.05, 4.69) is 28.1 Å². The zero-order chi connectivity index (χ0) is 27.3. The molecule has 0 aromatic carbocycles. The van der Waals surface area contributed by atoms with Gasteiger partial charge in [-0.1, -0.05) is 5.92 Å². The first-order valence-corrected chi connectivity index (χ1v) is 13.9. The number of halogens is 1. The fourth-order valence-electron chi connectivity index (χ4n) is 3.18. The smallest absolute Gasteiger partial charge is 0.386 e. The van der Waals surface area contributed by atoms with Gasteiger partial charge in [-0.3, -0.25) is 9.09 Å². The molecule has 0 bridgehead atoms. The number of phosphoric ester groups is 1. The number of ether oxygens (including phenoxy) is 1. The number of anilines is 2. The maximum absolute atomic E-state index is 15.7. The number of terminal acetylenes is 1. The summed E-state index contributed by atoms with van der Waals surface area (Å²) in [7, 11) is -13.7. The van der Waals surface area contributed by atoms with Crippen molar-refractivity contribution in [3.8, 4) is 12.3 Å². The molecule has 0 spiro atoms. The van der Waals surface area contributed by atoms with E-state index in [1.54, 1.807) is 24.9 Å². The highest BCUT2D eigenvalue weighted by molar-refractivity contribution is 7.66. The van der Waals surface area contributed by atoms with Gasteiger partial charge < -0.3 is 40.1 Å². The van der Waals surface area contributed by atoms with Crippen molar-refractivity contribution in [2.24, 2.45) is 0 Å². The summed E-state index contributed by atoms with van der Waals surface area (Å²) in [5.41, 5.74) is 2.88. The molecule has 3 rings (SSSR count). The summed E-state index contributed by atoms with van der Waals surface area (Å²) in [4.78, 5) is 49.6. The van der Waals surface area contributed by atoms with Crippen LogP contribution in [0.15, 0.2) is 6.33 Å². The van der Waals surface area contributed by atoms with E-state index in [0.29, 0.717) is 0 Å². The van der Waals surface area contributed by atoms with E-state index in [1.807, 2.05) is 0 Å². The van der Waals surface area contributed by atoms with Crippen LogP contribution in [0.3, 0.4) is 0 Å². The summed E-state index contributed by atoms with van der Waals surface area (Å²) in [5, 5.41) is 10.5. The summed E-state index contributed by atoms with van der Waals surface area (Å²) >= 11 is 0. The summed E-state index contributed by atoms with van der Waals surface area (Å²) in [6.07, 6.45) is 0.601. The van der Waals surface area contributed by atoms with Crippen LogP contribution in [0.1, 0.15) is 6.23 Å². The second-order valence-electron chi connectivity index (χ2n) is 7.39. The Morgan fingerprint density at radius 3 is 2.44 bits per heavy atom. The van der Waals surface area contributed by atoms with Gasteiger partial charge in [0.15, 0.2) is 23.2 Å². The average molecular weight is 576 g/mol. The first kappa shape index (κ1) is 28.5. The third-order valence-corrected chi connectivity index (χ3v) is 8.38. The van der Waals surface area contributed by atoms with E-state index < -0.39 is 54.2 Å². The van der Waals surface area contributed by atoms with Gasteiger partial charge in [0.05, 0.1) is 12.9 Å². The highest BCUT2D eigenvalue weighted by atomic mass is 31.3. The molecule has 1 fully saturated rings. The minimum Gasteiger partial charge on any atom is -0.386 e. The molecule has 0 saturated carbocycles. The zero-order valence-corrected chi connectivity index (χ0v) is 20.9. The maximum atomic E-state index is 15.7. The molecule has 1 aliphatic heterocycles. The van der Waals surface area contributed by atoms with Gasteiger partial charge in [0.2, 0.25) is 11.6 Å². The lowest BCUT2D eigenvalue weighted by Crippen LogP contribution is -2.42. The highest BCUT2D eigenvalue weighted by Crippen LogP contribution is 2.66. The number of nitrogens with zero attached hydrogens (tertiary/aromatic N) is 5. The van der Waals surface area contributed by atoms with Crippen LogP contribution in [-0.2, 0) is 31.6 Å². The van der Waals surface area contributed by atoms with E-state index in [9.17, 15) is 28.6 Å². The Kier molecular flexibility index (Phi) is 7.68. The van der Waals surface area contributed by atoms with E-state index >= 15 is 4.39 Å². The Labute approximate surface area is 201 Å². The van der Waals surface area contributed by atoms with Crippen LogP contribution in [0, 0.1) is 12.3 Å². The van der Waals surface area contributed by atoms with Crippen LogP contribution in [-0.4, -0.2) is 82.8 Å². The molecule has 3 heterocycles. The molecule has 6 atom stereocenters. The number of nitrogens with two attached hydrogens (primary N) is 1. The second kappa shape index (κ2) is 9.69. The molecule has 200 valence electrons. The van der Waals surface area contributed by atoms with Gasteiger partial charge in [0.1, 0.15) is 12.2 Å². The molecule has 7 N–H and O–H groups in total. The molecule has 1 saturated heterocycles. The number of rotatable bonds is 9. The van der Waals surface area contributed by atoms with Gasteiger partial charge >= 0.3 is 23.5 Å². The topological polar surface area (TPSA) is 262 Å². The molecule has 22 heteroatoms. The number of hydrogen-bond donors (Lipinski definition) is 6. The average Bonchev–Trinajstić information content (AvgIpc) is 3.22. The summed E-state index contributed by atoms with van der Waals surface area (Å²) in [6.45, 7) is -1.15. The molecule has 2 aromatic heterocycles. The number of aliphatic hydroxyl groups excluding tert-OH is 1. The number of nitrogen functional groups attached to an aromatic ring is 1. The van der Waals surface area contributed by atoms with Crippen molar-refractivity contribution in [1.82, 2.24) is 19.5 Å². The van der Waals surface area contributed by atoms with Crippen molar-refractivity contribution in [3.63, 3.8) is 0 Å². The molecule has 2 aromatic rings. The lowest BCUT2D eigenvalue weighted by atomic mass is 9.97. The van der Waals surface area contributed by atoms with E-state index in [0.717, 1.165) is 10.9 Å². The summed E-state index contributed by atoms with van der Waals surface area (Å²) in [5.74, 6) is 1.81. The predicted molar refractivity (Wildman–Crippen MR) is 116 cm³/mol. The number of alkyl halides is 1.